The third-order valence-electron chi connectivity index (χ3n) is 4.25. The van der Waals surface area contributed by atoms with Crippen LogP contribution in [0, 0.1) is 0 Å². The number of carbonyl (C=O) groups is 2. The van der Waals surface area contributed by atoms with Gasteiger partial charge in [0, 0.05) is 6.54 Å². The largest absolute Gasteiger partial charge is 0.332 e. The van der Waals surface area contributed by atoms with Crippen LogP contribution in [0.4, 0.5) is 10.5 Å². The lowest BCUT2D eigenvalue weighted by atomic mass is 10.1. The summed E-state index contributed by atoms with van der Waals surface area (Å²) in [5, 5.41) is 5.27. The number of anilines is 1. The molecule has 1 aliphatic heterocycles. The van der Waals surface area contributed by atoms with Crippen molar-refractivity contribution in [1.82, 2.24) is 4.90 Å². The Morgan fingerprint density at radius 1 is 1.08 bits per heavy atom. The van der Waals surface area contributed by atoms with Gasteiger partial charge in [0.1, 0.15) is 6.54 Å². The summed E-state index contributed by atoms with van der Waals surface area (Å²) < 4.78 is 23.7. The number of nitrogens with zero attached hydrogens (tertiary/aromatic N) is 2. The molecule has 0 aromatic heterocycles. The number of sulfonamides is 1. The van der Waals surface area contributed by atoms with Crippen LogP contribution >= 0.6 is 0 Å². The lowest BCUT2D eigenvalue weighted by molar-refractivity contribution is -0.116. The van der Waals surface area contributed by atoms with E-state index in [-0.39, 0.29) is 17.1 Å². The smallest absolute Gasteiger partial charge is 0.310 e. The summed E-state index contributed by atoms with van der Waals surface area (Å²) in [7, 11) is -3.96. The Balaban J connectivity index is 1.92. The lowest BCUT2D eigenvalue weighted by Gasteiger charge is -2.18. The van der Waals surface area contributed by atoms with Gasteiger partial charge in [-0.1, -0.05) is 43.3 Å². The molecule has 3 rings (SSSR count). The van der Waals surface area contributed by atoms with Gasteiger partial charge in [0.25, 0.3) is 5.91 Å². The van der Waals surface area contributed by atoms with Crippen LogP contribution in [0.3, 0.4) is 0 Å². The van der Waals surface area contributed by atoms with Crippen LogP contribution in [-0.2, 0) is 27.8 Å². The Kier molecular flexibility index (Phi) is 4.80. The molecule has 0 spiro atoms. The second-order valence-electron chi connectivity index (χ2n) is 6.04. The van der Waals surface area contributed by atoms with Crippen LogP contribution in [-0.4, -0.2) is 31.8 Å². The van der Waals surface area contributed by atoms with E-state index in [4.69, 9.17) is 5.14 Å². The SMILES string of the molecule is CCc1ccc(N2C(=O)CN(Cc3ccccc3)C2=O)cc1S(N)(=O)=O. The molecule has 2 aromatic carbocycles. The summed E-state index contributed by atoms with van der Waals surface area (Å²) in [4.78, 5) is 27.4. The van der Waals surface area contributed by atoms with Crippen LogP contribution in [0.5, 0.6) is 0 Å². The number of hydrogen-bond donors (Lipinski definition) is 1. The van der Waals surface area contributed by atoms with E-state index in [1.165, 1.54) is 11.0 Å². The van der Waals surface area contributed by atoms with Gasteiger partial charge in [0.05, 0.1) is 10.6 Å². The summed E-state index contributed by atoms with van der Waals surface area (Å²) in [6.07, 6.45) is 0.466. The summed E-state index contributed by atoms with van der Waals surface area (Å²) in [6, 6.07) is 13.3. The number of carbonyl (C=O) groups excluding carboxylic acids is 2. The quantitative estimate of drug-likeness (QED) is 0.809. The predicted molar refractivity (Wildman–Crippen MR) is 96.9 cm³/mol. The van der Waals surface area contributed by atoms with Crippen LogP contribution in [0.25, 0.3) is 0 Å². The Hall–Kier alpha value is -2.71. The van der Waals surface area contributed by atoms with E-state index >= 15 is 0 Å². The molecule has 2 aromatic rings. The predicted octanol–water partition coefficient (Wildman–Crippen LogP) is 1.87. The molecule has 1 fully saturated rings. The van der Waals surface area contributed by atoms with Crippen molar-refractivity contribution in [3.8, 4) is 0 Å². The second-order valence-corrected chi connectivity index (χ2v) is 7.57. The molecule has 8 heteroatoms. The number of nitrogens with two attached hydrogens (primary N) is 1. The first-order valence-electron chi connectivity index (χ1n) is 8.12. The zero-order valence-electron chi connectivity index (χ0n) is 14.3. The molecule has 136 valence electrons. The Labute approximate surface area is 152 Å². The molecule has 1 saturated heterocycles. The molecular weight excluding hydrogens is 354 g/mol. The van der Waals surface area contributed by atoms with Crippen LogP contribution in [0.1, 0.15) is 18.1 Å². The van der Waals surface area contributed by atoms with E-state index in [1.54, 1.807) is 19.1 Å². The molecule has 0 bridgehead atoms. The minimum absolute atomic E-state index is 0.0615. The van der Waals surface area contributed by atoms with Gasteiger partial charge < -0.3 is 4.90 Å². The zero-order valence-corrected chi connectivity index (χ0v) is 15.1. The molecule has 26 heavy (non-hydrogen) atoms. The van der Waals surface area contributed by atoms with Gasteiger partial charge in [-0.25, -0.2) is 23.3 Å². The fourth-order valence-electron chi connectivity index (χ4n) is 2.97. The fourth-order valence-corrected chi connectivity index (χ4v) is 3.83. The van der Waals surface area contributed by atoms with Gasteiger partial charge in [-0.3, -0.25) is 4.79 Å². The summed E-state index contributed by atoms with van der Waals surface area (Å²) in [5.41, 5.74) is 1.65. The minimum atomic E-state index is -3.96. The third kappa shape index (κ3) is 3.47. The van der Waals surface area contributed by atoms with Crippen molar-refractivity contribution in [2.24, 2.45) is 5.14 Å². The molecule has 7 nitrogen and oxygen atoms in total. The number of aryl methyl sites for hydroxylation is 1. The van der Waals surface area contributed by atoms with Crippen molar-refractivity contribution < 1.29 is 18.0 Å². The molecule has 0 aliphatic carbocycles. The first kappa shape index (κ1) is 18.1. The average molecular weight is 373 g/mol. The van der Waals surface area contributed by atoms with Gasteiger partial charge in [-0.05, 0) is 29.7 Å². The molecule has 1 heterocycles. The van der Waals surface area contributed by atoms with E-state index in [0.29, 0.717) is 18.5 Å². The van der Waals surface area contributed by atoms with Gasteiger partial charge >= 0.3 is 6.03 Å². The first-order chi connectivity index (χ1) is 12.3. The molecule has 0 atom stereocenters. The highest BCUT2D eigenvalue weighted by Gasteiger charge is 2.37. The maximum atomic E-state index is 12.7. The van der Waals surface area contributed by atoms with Crippen molar-refractivity contribution in [1.29, 1.82) is 0 Å². The van der Waals surface area contributed by atoms with Gasteiger partial charge in [-0.15, -0.1) is 0 Å². The Morgan fingerprint density at radius 2 is 1.77 bits per heavy atom. The second kappa shape index (κ2) is 6.89. The standard InChI is InChI=1S/C18H19N3O4S/c1-2-14-8-9-15(10-16(14)26(19,24)25)21-17(22)12-20(18(21)23)11-13-6-4-3-5-7-13/h3-10H,2,11-12H2,1H3,(H2,19,24,25). The third-order valence-corrected chi connectivity index (χ3v) is 5.24. The molecule has 1 aliphatic rings. The molecule has 0 saturated carbocycles. The zero-order chi connectivity index (χ0) is 18.9. The normalized spacial score (nSPS) is 15.0. The number of hydrogen-bond acceptors (Lipinski definition) is 4. The Bertz CT molecular complexity index is 958. The van der Waals surface area contributed by atoms with Crippen molar-refractivity contribution in [2.75, 3.05) is 11.4 Å². The summed E-state index contributed by atoms with van der Waals surface area (Å²) in [5.74, 6) is -0.407. The first-order valence-corrected chi connectivity index (χ1v) is 9.67. The highest BCUT2D eigenvalue weighted by atomic mass is 32.2. The van der Waals surface area contributed by atoms with Gasteiger partial charge in [0.2, 0.25) is 10.0 Å². The highest BCUT2D eigenvalue weighted by Crippen LogP contribution is 2.27. The number of primary sulfonamides is 1. The van der Waals surface area contributed by atoms with Gasteiger partial charge in [-0.2, -0.15) is 0 Å². The topological polar surface area (TPSA) is 101 Å². The van der Waals surface area contributed by atoms with E-state index in [2.05, 4.69) is 0 Å². The number of imide groups is 1. The minimum Gasteiger partial charge on any atom is -0.310 e. The summed E-state index contributed by atoms with van der Waals surface area (Å²) >= 11 is 0. The van der Waals surface area contributed by atoms with Crippen LogP contribution in [0.2, 0.25) is 0 Å². The molecule has 2 N–H and O–H groups in total. The monoisotopic (exact) mass is 373 g/mol. The van der Waals surface area contributed by atoms with Crippen LogP contribution < -0.4 is 10.0 Å². The molecular formula is C18H19N3O4S. The van der Waals surface area contributed by atoms with E-state index in [1.807, 2.05) is 30.3 Å². The molecule has 3 amide bonds. The van der Waals surface area contributed by atoms with Crippen molar-refractivity contribution in [3.63, 3.8) is 0 Å². The van der Waals surface area contributed by atoms with E-state index < -0.39 is 22.0 Å². The maximum absolute atomic E-state index is 12.7. The van der Waals surface area contributed by atoms with Crippen molar-refractivity contribution in [2.45, 2.75) is 24.8 Å². The Morgan fingerprint density at radius 3 is 2.38 bits per heavy atom. The summed E-state index contributed by atoms with van der Waals surface area (Å²) in [6.45, 7) is 2.04. The highest BCUT2D eigenvalue weighted by molar-refractivity contribution is 7.89. The number of urea groups is 1. The fraction of sp³-hybridized carbons (Fsp3) is 0.222. The van der Waals surface area contributed by atoms with Crippen molar-refractivity contribution in [3.05, 3.63) is 59.7 Å². The molecule has 0 radical (unpaired) electrons. The maximum Gasteiger partial charge on any atom is 0.332 e. The van der Waals surface area contributed by atoms with E-state index in [9.17, 15) is 18.0 Å². The number of benzene rings is 2. The van der Waals surface area contributed by atoms with Crippen molar-refractivity contribution >= 4 is 27.6 Å². The number of rotatable bonds is 5. The molecule has 0 unspecified atom stereocenters. The lowest BCUT2D eigenvalue weighted by Crippen LogP contribution is -2.33. The van der Waals surface area contributed by atoms with Crippen LogP contribution in [0.15, 0.2) is 53.4 Å². The average Bonchev–Trinajstić information content (AvgIpc) is 2.88. The number of amides is 3. The van der Waals surface area contributed by atoms with E-state index in [0.717, 1.165) is 10.5 Å². The van der Waals surface area contributed by atoms with Gasteiger partial charge in [0.15, 0.2) is 0 Å².